The van der Waals surface area contributed by atoms with Gasteiger partial charge < -0.3 is 4.90 Å². The van der Waals surface area contributed by atoms with E-state index in [-0.39, 0.29) is 17.2 Å². The van der Waals surface area contributed by atoms with Crippen molar-refractivity contribution in [2.24, 2.45) is 0 Å². The van der Waals surface area contributed by atoms with Crippen LogP contribution in [0.4, 0.5) is 0 Å². The Morgan fingerprint density at radius 1 is 1.21 bits per heavy atom. The second-order valence-corrected chi connectivity index (χ2v) is 9.08. The minimum absolute atomic E-state index is 0.0149. The fourth-order valence-electron chi connectivity index (χ4n) is 2.99. The zero-order valence-corrected chi connectivity index (χ0v) is 18.5. The number of amides is 1. The van der Waals surface area contributed by atoms with Gasteiger partial charge in [-0.2, -0.15) is 0 Å². The third-order valence-corrected chi connectivity index (χ3v) is 6.92. The number of benzene rings is 1. The molecule has 1 amide bonds. The Kier molecular flexibility index (Phi) is 6.25. The molecule has 1 aromatic carbocycles. The molecule has 7 heteroatoms. The molecule has 5 nitrogen and oxygen atoms in total. The Balaban J connectivity index is 1.76. The van der Waals surface area contributed by atoms with Crippen LogP contribution in [-0.2, 0) is 17.9 Å². The van der Waals surface area contributed by atoms with Crippen molar-refractivity contribution >= 4 is 39.2 Å². The molecule has 0 atom stereocenters. The third-order valence-electron chi connectivity index (χ3n) is 4.86. The largest absolute Gasteiger partial charge is 0.341 e. The highest BCUT2D eigenvalue weighted by atomic mass is 32.2. The van der Waals surface area contributed by atoms with E-state index in [1.807, 2.05) is 52.0 Å². The van der Waals surface area contributed by atoms with Crippen molar-refractivity contribution in [3.8, 4) is 0 Å². The van der Waals surface area contributed by atoms with Crippen LogP contribution in [0.3, 0.4) is 0 Å². The van der Waals surface area contributed by atoms with Crippen LogP contribution in [-0.4, -0.2) is 33.2 Å². The molecule has 0 saturated carbocycles. The summed E-state index contributed by atoms with van der Waals surface area (Å²) in [6.45, 7) is 9.05. The van der Waals surface area contributed by atoms with Crippen LogP contribution in [0.25, 0.3) is 10.2 Å². The van der Waals surface area contributed by atoms with Crippen molar-refractivity contribution in [3.63, 3.8) is 0 Å². The monoisotopic (exact) mass is 415 g/mol. The van der Waals surface area contributed by atoms with Gasteiger partial charge in [-0.25, -0.2) is 4.98 Å². The molecule has 148 valence electrons. The van der Waals surface area contributed by atoms with Gasteiger partial charge in [0, 0.05) is 25.0 Å². The molecule has 0 aliphatic carbocycles. The van der Waals surface area contributed by atoms with Crippen molar-refractivity contribution in [1.82, 2.24) is 14.5 Å². The van der Waals surface area contributed by atoms with Crippen LogP contribution >= 0.6 is 23.1 Å². The first-order chi connectivity index (χ1) is 13.3. The highest BCUT2D eigenvalue weighted by molar-refractivity contribution is 7.99. The molecule has 0 aliphatic heterocycles. The first-order valence-corrected chi connectivity index (χ1v) is 11.0. The molecular formula is C21H25N3O2S2. The molecule has 0 spiro atoms. The van der Waals surface area contributed by atoms with Crippen LogP contribution in [0.5, 0.6) is 0 Å². The number of thioether (sulfide) groups is 1. The van der Waals surface area contributed by atoms with Crippen LogP contribution < -0.4 is 5.56 Å². The summed E-state index contributed by atoms with van der Waals surface area (Å²) >= 11 is 2.87. The van der Waals surface area contributed by atoms with E-state index in [4.69, 9.17) is 0 Å². The third kappa shape index (κ3) is 4.15. The van der Waals surface area contributed by atoms with Crippen LogP contribution in [0.15, 0.2) is 34.2 Å². The summed E-state index contributed by atoms with van der Waals surface area (Å²) in [7, 11) is 1.80. The maximum absolute atomic E-state index is 12.9. The topological polar surface area (TPSA) is 55.2 Å². The molecule has 2 aromatic heterocycles. The fourth-order valence-corrected chi connectivity index (χ4v) is 5.06. The van der Waals surface area contributed by atoms with Gasteiger partial charge in [0.25, 0.3) is 5.56 Å². The number of carbonyl (C=O) groups is 1. The van der Waals surface area contributed by atoms with E-state index >= 15 is 0 Å². The summed E-state index contributed by atoms with van der Waals surface area (Å²) in [4.78, 5) is 33.7. The van der Waals surface area contributed by atoms with E-state index < -0.39 is 0 Å². The van der Waals surface area contributed by atoms with E-state index in [0.29, 0.717) is 23.6 Å². The summed E-state index contributed by atoms with van der Waals surface area (Å²) in [6.07, 6.45) is 0. The second-order valence-electron chi connectivity index (χ2n) is 6.93. The zero-order chi connectivity index (χ0) is 20.4. The summed E-state index contributed by atoms with van der Waals surface area (Å²) in [5.41, 5.74) is 3.29. The summed E-state index contributed by atoms with van der Waals surface area (Å²) in [5, 5.41) is 1.31. The first kappa shape index (κ1) is 20.6. The van der Waals surface area contributed by atoms with Gasteiger partial charge in [-0.3, -0.25) is 14.2 Å². The van der Waals surface area contributed by atoms with E-state index in [9.17, 15) is 9.59 Å². The maximum Gasteiger partial charge on any atom is 0.263 e. The van der Waals surface area contributed by atoms with Crippen molar-refractivity contribution in [2.75, 3.05) is 12.8 Å². The number of aromatic nitrogens is 2. The lowest BCUT2D eigenvalue weighted by atomic mass is 10.1. The number of hydrogen-bond donors (Lipinski definition) is 0. The first-order valence-electron chi connectivity index (χ1n) is 9.24. The van der Waals surface area contributed by atoms with E-state index in [0.717, 1.165) is 20.8 Å². The number of carbonyl (C=O) groups excluding carboxylic acids is 1. The maximum atomic E-state index is 12.9. The number of fused-ring (bicyclic) bond motifs is 1. The lowest BCUT2D eigenvalue weighted by Crippen LogP contribution is -2.28. The molecule has 3 aromatic rings. The summed E-state index contributed by atoms with van der Waals surface area (Å²) in [5.74, 6) is 0.269. The standard InChI is InChI=1S/C21H25N3O2S2/c1-6-24-20(26)18-14(3)15(4)28-19(18)22-21(24)27-12-17(25)23(5)11-16-9-7-13(2)8-10-16/h7-10H,6,11-12H2,1-5H3. The molecule has 28 heavy (non-hydrogen) atoms. The lowest BCUT2D eigenvalue weighted by Gasteiger charge is -2.17. The molecule has 3 rings (SSSR count). The van der Waals surface area contributed by atoms with Gasteiger partial charge in [-0.15, -0.1) is 11.3 Å². The van der Waals surface area contributed by atoms with Gasteiger partial charge in [0.1, 0.15) is 4.83 Å². The van der Waals surface area contributed by atoms with Gasteiger partial charge in [0.15, 0.2) is 5.16 Å². The number of aryl methyl sites for hydroxylation is 3. The Labute approximate surface area is 173 Å². The molecule has 0 bridgehead atoms. The highest BCUT2D eigenvalue weighted by Crippen LogP contribution is 2.28. The predicted octanol–water partition coefficient (Wildman–Crippen LogP) is 4.15. The number of thiophene rings is 1. The van der Waals surface area contributed by atoms with E-state index in [1.165, 1.54) is 28.7 Å². The second kappa shape index (κ2) is 8.49. The number of nitrogens with zero attached hydrogens (tertiary/aromatic N) is 3. The van der Waals surface area contributed by atoms with Crippen LogP contribution in [0.1, 0.15) is 28.5 Å². The fraction of sp³-hybridized carbons (Fsp3) is 0.381. The number of rotatable bonds is 6. The van der Waals surface area contributed by atoms with Gasteiger partial charge in [0.05, 0.1) is 11.1 Å². The smallest absolute Gasteiger partial charge is 0.263 e. The van der Waals surface area contributed by atoms with Crippen LogP contribution in [0.2, 0.25) is 0 Å². The molecule has 0 fully saturated rings. The Morgan fingerprint density at radius 2 is 1.89 bits per heavy atom. The molecule has 2 heterocycles. The minimum atomic E-state index is -0.0164. The average Bonchev–Trinajstić information content (AvgIpc) is 2.95. The molecule has 0 saturated heterocycles. The zero-order valence-electron chi connectivity index (χ0n) is 16.9. The van der Waals surface area contributed by atoms with E-state index in [2.05, 4.69) is 4.98 Å². The van der Waals surface area contributed by atoms with Gasteiger partial charge >= 0.3 is 0 Å². The Bertz CT molecular complexity index is 1070. The molecule has 0 N–H and O–H groups in total. The quantitative estimate of drug-likeness (QED) is 0.448. The van der Waals surface area contributed by atoms with Crippen molar-refractivity contribution in [2.45, 2.75) is 45.9 Å². The Morgan fingerprint density at radius 3 is 2.54 bits per heavy atom. The van der Waals surface area contributed by atoms with Crippen molar-refractivity contribution < 1.29 is 4.79 Å². The van der Waals surface area contributed by atoms with Crippen molar-refractivity contribution in [1.29, 1.82) is 0 Å². The van der Waals surface area contributed by atoms with Gasteiger partial charge in [-0.05, 0) is 38.8 Å². The number of hydrogen-bond acceptors (Lipinski definition) is 5. The van der Waals surface area contributed by atoms with Gasteiger partial charge in [0.2, 0.25) is 5.91 Å². The van der Waals surface area contributed by atoms with Crippen LogP contribution in [0, 0.1) is 20.8 Å². The average molecular weight is 416 g/mol. The molecule has 0 radical (unpaired) electrons. The van der Waals surface area contributed by atoms with E-state index in [1.54, 1.807) is 16.5 Å². The molecular weight excluding hydrogens is 390 g/mol. The lowest BCUT2D eigenvalue weighted by molar-refractivity contribution is -0.127. The molecule has 0 aliphatic rings. The summed E-state index contributed by atoms with van der Waals surface area (Å²) < 4.78 is 1.67. The minimum Gasteiger partial charge on any atom is -0.341 e. The van der Waals surface area contributed by atoms with Gasteiger partial charge in [-0.1, -0.05) is 41.6 Å². The normalized spacial score (nSPS) is 11.2. The Hall–Kier alpha value is -2.12. The predicted molar refractivity (Wildman–Crippen MR) is 117 cm³/mol. The summed E-state index contributed by atoms with van der Waals surface area (Å²) in [6, 6.07) is 8.18. The highest BCUT2D eigenvalue weighted by Gasteiger charge is 2.18. The molecule has 0 unspecified atom stereocenters. The van der Waals surface area contributed by atoms with Crippen molar-refractivity contribution in [3.05, 3.63) is 56.2 Å². The SMILES string of the molecule is CCn1c(SCC(=O)N(C)Cc2ccc(C)cc2)nc2sc(C)c(C)c2c1=O.